The van der Waals surface area contributed by atoms with Gasteiger partial charge in [-0.15, -0.1) is 0 Å². The summed E-state index contributed by atoms with van der Waals surface area (Å²) in [4.78, 5) is 0. The molecule has 0 aromatic heterocycles. The maximum atomic E-state index is 14.5. The monoisotopic (exact) mass is 262 g/mol. The maximum Gasteiger partial charge on any atom is 0.305 e. The summed E-state index contributed by atoms with van der Waals surface area (Å²) in [7, 11) is 0. The molecule has 2 aromatic rings. The maximum absolute atomic E-state index is 14.5. The van der Waals surface area contributed by atoms with E-state index in [1.807, 2.05) is 6.92 Å². The van der Waals surface area contributed by atoms with Gasteiger partial charge in [-0.3, -0.25) is 0 Å². The fourth-order valence-corrected chi connectivity index (χ4v) is 1.99. The van der Waals surface area contributed by atoms with Gasteiger partial charge in [-0.25, -0.2) is 0 Å². The average Bonchev–Trinajstić information content (AvgIpc) is 2.40. The Balaban J connectivity index is 2.46. The fourth-order valence-electron chi connectivity index (χ4n) is 1.99. The lowest BCUT2D eigenvalue weighted by Gasteiger charge is -2.33. The summed E-state index contributed by atoms with van der Waals surface area (Å²) in [5, 5.41) is 10.3. The zero-order chi connectivity index (χ0) is 14.1. The summed E-state index contributed by atoms with van der Waals surface area (Å²) in [6.45, 7) is 2.97. The molecule has 0 heterocycles. The Morgan fingerprint density at radius 3 is 1.89 bits per heavy atom. The highest BCUT2D eigenvalue weighted by molar-refractivity contribution is 5.32. The first-order chi connectivity index (χ1) is 8.85. The van der Waals surface area contributed by atoms with Crippen LogP contribution >= 0.6 is 0 Å². The van der Waals surface area contributed by atoms with E-state index in [2.05, 4.69) is 0 Å². The van der Waals surface area contributed by atoms with Gasteiger partial charge in [0.2, 0.25) is 0 Å². The van der Waals surface area contributed by atoms with Crippen molar-refractivity contribution in [1.29, 1.82) is 0 Å². The van der Waals surface area contributed by atoms with E-state index in [0.717, 1.165) is 12.5 Å². The minimum atomic E-state index is -3.36. The smallest absolute Gasteiger partial charge is 0.305 e. The molecule has 0 bridgehead atoms. The van der Waals surface area contributed by atoms with Crippen molar-refractivity contribution in [2.24, 2.45) is 0 Å². The number of benzene rings is 2. The summed E-state index contributed by atoms with van der Waals surface area (Å²) < 4.78 is 29.0. The van der Waals surface area contributed by atoms with E-state index in [0.29, 0.717) is 0 Å². The highest BCUT2D eigenvalue weighted by atomic mass is 19.3. The van der Waals surface area contributed by atoms with Crippen LogP contribution in [-0.2, 0) is 11.5 Å². The van der Waals surface area contributed by atoms with E-state index in [9.17, 15) is 13.9 Å². The number of hydrogen-bond donors (Lipinski definition) is 1. The standard InChI is InChI=1S/C16H16F2O/c1-12-8-10-14(11-9-12)16(17,18)15(2,19)13-6-4-3-5-7-13/h3-11,19H,1-2H3. The van der Waals surface area contributed by atoms with Gasteiger partial charge in [0, 0.05) is 5.56 Å². The Kier molecular flexibility index (Phi) is 3.42. The first-order valence-corrected chi connectivity index (χ1v) is 6.08. The summed E-state index contributed by atoms with van der Waals surface area (Å²) in [5.74, 6) is -3.36. The van der Waals surface area contributed by atoms with E-state index in [1.165, 1.54) is 24.3 Å². The molecule has 100 valence electrons. The Morgan fingerprint density at radius 2 is 1.37 bits per heavy atom. The molecule has 0 aliphatic rings. The molecule has 0 spiro atoms. The minimum Gasteiger partial charge on any atom is -0.379 e. The zero-order valence-corrected chi connectivity index (χ0v) is 10.9. The Morgan fingerprint density at radius 1 is 0.842 bits per heavy atom. The van der Waals surface area contributed by atoms with Crippen LogP contribution in [0, 0.1) is 6.92 Å². The molecule has 0 radical (unpaired) electrons. The lowest BCUT2D eigenvalue weighted by molar-refractivity contribution is -0.185. The average molecular weight is 262 g/mol. The molecule has 1 atom stereocenters. The Labute approximate surface area is 111 Å². The van der Waals surface area contributed by atoms with Crippen LogP contribution in [-0.4, -0.2) is 5.11 Å². The molecule has 1 N–H and O–H groups in total. The number of hydrogen-bond acceptors (Lipinski definition) is 1. The van der Waals surface area contributed by atoms with Crippen LogP contribution < -0.4 is 0 Å². The number of halogens is 2. The Bertz CT molecular complexity index is 545. The molecule has 0 amide bonds. The molecular weight excluding hydrogens is 246 g/mol. The normalized spacial score (nSPS) is 15.0. The molecule has 1 unspecified atom stereocenters. The SMILES string of the molecule is Cc1ccc(C(F)(F)C(C)(O)c2ccccc2)cc1. The van der Waals surface area contributed by atoms with Gasteiger partial charge in [-0.05, 0) is 19.4 Å². The fraction of sp³-hybridized carbons (Fsp3) is 0.250. The van der Waals surface area contributed by atoms with E-state index in [4.69, 9.17) is 0 Å². The predicted octanol–water partition coefficient (Wildman–Crippen LogP) is 3.99. The van der Waals surface area contributed by atoms with Crippen LogP contribution in [0.3, 0.4) is 0 Å². The molecule has 0 saturated heterocycles. The van der Waals surface area contributed by atoms with E-state index < -0.39 is 11.5 Å². The summed E-state index contributed by atoms with van der Waals surface area (Å²) in [6, 6.07) is 13.9. The number of rotatable bonds is 3. The second-order valence-electron chi connectivity index (χ2n) is 4.88. The van der Waals surface area contributed by atoms with Crippen molar-refractivity contribution < 1.29 is 13.9 Å². The van der Waals surface area contributed by atoms with Crippen molar-refractivity contribution in [3.05, 3.63) is 71.3 Å². The van der Waals surface area contributed by atoms with Crippen LogP contribution in [0.5, 0.6) is 0 Å². The highest BCUT2D eigenvalue weighted by Gasteiger charge is 2.51. The van der Waals surface area contributed by atoms with Crippen LogP contribution in [0.15, 0.2) is 54.6 Å². The zero-order valence-electron chi connectivity index (χ0n) is 10.9. The van der Waals surface area contributed by atoms with E-state index >= 15 is 0 Å². The van der Waals surface area contributed by atoms with Gasteiger partial charge in [0.1, 0.15) is 0 Å². The van der Waals surface area contributed by atoms with Gasteiger partial charge in [-0.1, -0.05) is 60.2 Å². The van der Waals surface area contributed by atoms with Crippen LogP contribution in [0.2, 0.25) is 0 Å². The van der Waals surface area contributed by atoms with Crippen molar-refractivity contribution in [2.75, 3.05) is 0 Å². The largest absolute Gasteiger partial charge is 0.379 e. The molecule has 3 heteroatoms. The molecule has 0 fully saturated rings. The van der Waals surface area contributed by atoms with Gasteiger partial charge < -0.3 is 5.11 Å². The summed E-state index contributed by atoms with van der Waals surface area (Å²) >= 11 is 0. The van der Waals surface area contributed by atoms with E-state index in [1.54, 1.807) is 30.3 Å². The molecule has 1 nitrogen and oxygen atoms in total. The number of aliphatic hydroxyl groups is 1. The Hall–Kier alpha value is -1.74. The van der Waals surface area contributed by atoms with Crippen molar-refractivity contribution in [3.63, 3.8) is 0 Å². The summed E-state index contributed by atoms with van der Waals surface area (Å²) in [5.41, 5.74) is -1.34. The van der Waals surface area contributed by atoms with Crippen molar-refractivity contribution in [2.45, 2.75) is 25.4 Å². The quantitative estimate of drug-likeness (QED) is 0.886. The van der Waals surface area contributed by atoms with Gasteiger partial charge in [0.25, 0.3) is 0 Å². The van der Waals surface area contributed by atoms with Crippen molar-refractivity contribution >= 4 is 0 Å². The molecule has 19 heavy (non-hydrogen) atoms. The van der Waals surface area contributed by atoms with Crippen LogP contribution in [0.1, 0.15) is 23.6 Å². The first-order valence-electron chi connectivity index (χ1n) is 6.08. The number of alkyl halides is 2. The first kappa shape index (κ1) is 13.7. The third-order valence-corrected chi connectivity index (χ3v) is 3.36. The van der Waals surface area contributed by atoms with Gasteiger partial charge in [-0.2, -0.15) is 8.78 Å². The topological polar surface area (TPSA) is 20.2 Å². The van der Waals surface area contributed by atoms with Crippen molar-refractivity contribution in [1.82, 2.24) is 0 Å². The predicted molar refractivity (Wildman–Crippen MR) is 71.1 cm³/mol. The third-order valence-electron chi connectivity index (χ3n) is 3.36. The minimum absolute atomic E-state index is 0.188. The molecule has 0 aliphatic carbocycles. The van der Waals surface area contributed by atoms with Gasteiger partial charge in [0.05, 0.1) is 0 Å². The number of aryl methyl sites for hydroxylation is 1. The molecule has 0 saturated carbocycles. The van der Waals surface area contributed by atoms with Crippen LogP contribution in [0.25, 0.3) is 0 Å². The second-order valence-corrected chi connectivity index (χ2v) is 4.88. The van der Waals surface area contributed by atoms with Gasteiger partial charge in [0.15, 0.2) is 5.60 Å². The highest BCUT2D eigenvalue weighted by Crippen LogP contribution is 2.44. The van der Waals surface area contributed by atoms with Crippen molar-refractivity contribution in [3.8, 4) is 0 Å². The lowest BCUT2D eigenvalue weighted by Crippen LogP contribution is -2.40. The molecule has 0 aliphatic heterocycles. The molecule has 2 aromatic carbocycles. The molecular formula is C16H16F2O. The lowest BCUT2D eigenvalue weighted by atomic mass is 9.85. The molecule has 2 rings (SSSR count). The van der Waals surface area contributed by atoms with Gasteiger partial charge >= 0.3 is 5.92 Å². The van der Waals surface area contributed by atoms with E-state index in [-0.39, 0.29) is 11.1 Å². The van der Waals surface area contributed by atoms with Crippen LogP contribution in [0.4, 0.5) is 8.78 Å². The second kappa shape index (κ2) is 4.74. The third kappa shape index (κ3) is 2.38. The summed E-state index contributed by atoms with van der Waals surface area (Å²) in [6.07, 6.45) is 0.